The van der Waals surface area contributed by atoms with Crippen LogP contribution in [0.1, 0.15) is 0 Å². The van der Waals surface area contributed by atoms with Crippen LogP contribution in [0.5, 0.6) is 11.5 Å². The van der Waals surface area contributed by atoms with Gasteiger partial charge in [0.05, 0.1) is 5.52 Å². The molecule has 14 rings (SSSR count). The molecule has 234 valence electrons. The third-order valence-electron chi connectivity index (χ3n) is 12.8. The predicted octanol–water partition coefficient (Wildman–Crippen LogP) is 7.66. The summed E-state index contributed by atoms with van der Waals surface area (Å²) in [7, 11) is 0. The molecule has 0 amide bonds. The van der Waals surface area contributed by atoms with Crippen molar-refractivity contribution >= 4 is 100 Å². The van der Waals surface area contributed by atoms with Crippen molar-refractivity contribution in [1.82, 2.24) is 4.57 Å². The molecule has 10 aromatic rings. The van der Waals surface area contributed by atoms with E-state index < -0.39 is 0 Å². The zero-order chi connectivity index (χ0) is 33.4. The van der Waals surface area contributed by atoms with Gasteiger partial charge in [-0.1, -0.05) is 138 Å². The molecule has 0 saturated carbocycles. The first-order valence-corrected chi connectivity index (χ1v) is 18.3. The van der Waals surface area contributed by atoms with Crippen molar-refractivity contribution in [2.24, 2.45) is 0 Å². The number of rotatable bonds is 1. The Morgan fingerprint density at radius 1 is 0.423 bits per heavy atom. The summed E-state index contributed by atoms with van der Waals surface area (Å²) in [5, 5.41) is 10.6. The van der Waals surface area contributed by atoms with E-state index in [1.807, 2.05) is 0 Å². The Bertz CT molecular complexity index is 3360. The highest BCUT2D eigenvalue weighted by Crippen LogP contribution is 2.49. The smallest absolute Gasteiger partial charge is 0.252 e. The summed E-state index contributed by atoms with van der Waals surface area (Å²) < 4.78 is 9.57. The topological polar surface area (TPSA) is 14.2 Å². The molecule has 0 atom stereocenters. The molecule has 9 aromatic carbocycles. The monoisotopic (exact) mass is 653 g/mol. The number of nitrogens with zero attached hydrogens (tertiary/aromatic N) is 1. The second-order valence-electron chi connectivity index (χ2n) is 15.0. The molecular formula is C48H25B2NO. The van der Waals surface area contributed by atoms with Crippen LogP contribution in [0.25, 0.3) is 82.1 Å². The molecule has 0 unspecified atom stereocenters. The normalized spacial score (nSPS) is 13.8. The van der Waals surface area contributed by atoms with Crippen molar-refractivity contribution in [3.63, 3.8) is 0 Å². The van der Waals surface area contributed by atoms with Crippen LogP contribution in [0.3, 0.4) is 0 Å². The third kappa shape index (κ3) is 2.87. The molecule has 0 fully saturated rings. The number of fused-ring (bicyclic) bond motifs is 10. The van der Waals surface area contributed by atoms with Gasteiger partial charge >= 0.3 is 0 Å². The number of aromatic nitrogens is 1. The standard InChI is InChI=1S/C48H25B2NO/c1-2-11-27-24-28(23-22-26(27)10-1)41-31-14-8-17-34-42(31)44-43-32(41)15-9-18-35(43)50-36-19-7-13-30-29-12-3-5-20-37(29)51(48(30)36)38-25-40-47(45(44)46(38)50)49(34)33-16-4-6-21-39(33)52-40/h1-25H. The first-order chi connectivity index (χ1) is 25.8. The van der Waals surface area contributed by atoms with E-state index in [0.717, 1.165) is 11.5 Å². The Morgan fingerprint density at radius 3 is 1.92 bits per heavy atom. The Labute approximate surface area is 299 Å². The fraction of sp³-hybridized carbons (Fsp3) is 0. The highest BCUT2D eigenvalue weighted by molar-refractivity contribution is 7.05. The van der Waals surface area contributed by atoms with E-state index >= 15 is 0 Å². The van der Waals surface area contributed by atoms with Crippen molar-refractivity contribution in [2.75, 3.05) is 0 Å². The molecule has 1 aromatic heterocycles. The summed E-state index contributed by atoms with van der Waals surface area (Å²) >= 11 is 0. The Hall–Kier alpha value is -6.51. The van der Waals surface area contributed by atoms with Crippen molar-refractivity contribution in [2.45, 2.75) is 0 Å². The van der Waals surface area contributed by atoms with Crippen molar-refractivity contribution < 1.29 is 4.74 Å². The van der Waals surface area contributed by atoms with Gasteiger partial charge in [0, 0.05) is 28.0 Å². The molecule has 4 aliphatic rings. The average Bonchev–Trinajstić information content (AvgIpc) is 3.54. The van der Waals surface area contributed by atoms with E-state index in [2.05, 4.69) is 156 Å². The average molecular weight is 653 g/mol. The molecular weight excluding hydrogens is 628 g/mol. The van der Waals surface area contributed by atoms with Gasteiger partial charge in [0.15, 0.2) is 0 Å². The lowest BCUT2D eigenvalue weighted by molar-refractivity contribution is 0.487. The fourth-order valence-corrected chi connectivity index (χ4v) is 11.0. The van der Waals surface area contributed by atoms with Crippen LogP contribution in [0.2, 0.25) is 0 Å². The van der Waals surface area contributed by atoms with Crippen LogP contribution in [-0.4, -0.2) is 18.0 Å². The van der Waals surface area contributed by atoms with Crippen molar-refractivity contribution in [1.29, 1.82) is 0 Å². The number of hydrogen-bond acceptors (Lipinski definition) is 1. The van der Waals surface area contributed by atoms with Gasteiger partial charge in [-0.05, 0) is 94.6 Å². The molecule has 0 aliphatic carbocycles. The second kappa shape index (κ2) is 8.85. The van der Waals surface area contributed by atoms with Crippen LogP contribution < -0.4 is 37.5 Å². The van der Waals surface area contributed by atoms with Gasteiger partial charge in [-0.15, -0.1) is 0 Å². The van der Waals surface area contributed by atoms with E-state index in [-0.39, 0.29) is 13.4 Å². The molecule has 52 heavy (non-hydrogen) atoms. The van der Waals surface area contributed by atoms with Crippen LogP contribution in [-0.2, 0) is 0 Å². The second-order valence-corrected chi connectivity index (χ2v) is 15.0. The van der Waals surface area contributed by atoms with Crippen LogP contribution >= 0.6 is 0 Å². The minimum Gasteiger partial charge on any atom is -0.458 e. The first kappa shape index (κ1) is 26.3. The predicted molar refractivity (Wildman–Crippen MR) is 220 cm³/mol. The van der Waals surface area contributed by atoms with E-state index in [1.54, 1.807) is 0 Å². The van der Waals surface area contributed by atoms with Crippen molar-refractivity contribution in [3.05, 3.63) is 152 Å². The number of para-hydroxylation sites is 3. The largest absolute Gasteiger partial charge is 0.458 e. The molecule has 0 bridgehead atoms. The third-order valence-corrected chi connectivity index (χ3v) is 12.8. The fourth-order valence-electron chi connectivity index (χ4n) is 11.0. The minimum absolute atomic E-state index is 0.0721. The highest BCUT2D eigenvalue weighted by atomic mass is 16.5. The quantitative estimate of drug-likeness (QED) is 0.131. The van der Waals surface area contributed by atoms with Gasteiger partial charge in [-0.25, -0.2) is 0 Å². The van der Waals surface area contributed by atoms with Crippen molar-refractivity contribution in [3.8, 4) is 39.4 Å². The summed E-state index contributed by atoms with van der Waals surface area (Å²) in [6, 6.07) is 56.9. The summed E-state index contributed by atoms with van der Waals surface area (Å²) in [5.74, 6) is 1.94. The lowest BCUT2D eigenvalue weighted by Crippen LogP contribution is -2.64. The van der Waals surface area contributed by atoms with Gasteiger partial charge in [-0.2, -0.15) is 0 Å². The molecule has 2 nitrogen and oxygen atoms in total. The van der Waals surface area contributed by atoms with Gasteiger partial charge in [0.1, 0.15) is 11.5 Å². The molecule has 0 N–H and O–H groups in total. The van der Waals surface area contributed by atoms with E-state index in [4.69, 9.17) is 4.74 Å². The summed E-state index contributed by atoms with van der Waals surface area (Å²) in [5.41, 5.74) is 17.3. The number of hydrogen-bond donors (Lipinski definition) is 0. The van der Waals surface area contributed by atoms with Gasteiger partial charge in [0.2, 0.25) is 6.71 Å². The highest BCUT2D eigenvalue weighted by Gasteiger charge is 2.48. The lowest BCUT2D eigenvalue weighted by Gasteiger charge is -2.42. The maximum Gasteiger partial charge on any atom is 0.252 e. The molecule has 0 saturated heterocycles. The van der Waals surface area contributed by atoms with Crippen LogP contribution in [0.4, 0.5) is 0 Å². The van der Waals surface area contributed by atoms with E-state index in [0.29, 0.717) is 0 Å². The van der Waals surface area contributed by atoms with Gasteiger partial charge in [-0.3, -0.25) is 0 Å². The maximum absolute atomic E-state index is 7.02. The molecule has 5 heterocycles. The molecule has 4 heteroatoms. The molecule has 0 spiro atoms. The van der Waals surface area contributed by atoms with Gasteiger partial charge in [0.25, 0.3) is 6.71 Å². The summed E-state index contributed by atoms with van der Waals surface area (Å²) in [4.78, 5) is 0. The Kier molecular flexibility index (Phi) is 4.48. The lowest BCUT2D eigenvalue weighted by atomic mass is 9.27. The summed E-state index contributed by atoms with van der Waals surface area (Å²) in [6.45, 7) is 0.167. The first-order valence-electron chi connectivity index (χ1n) is 18.3. The Morgan fingerprint density at radius 2 is 1.08 bits per heavy atom. The zero-order valence-corrected chi connectivity index (χ0v) is 27.9. The van der Waals surface area contributed by atoms with E-state index in [1.165, 1.54) is 115 Å². The van der Waals surface area contributed by atoms with Crippen LogP contribution in [0.15, 0.2) is 152 Å². The molecule has 4 aliphatic heterocycles. The minimum atomic E-state index is 0.0721. The maximum atomic E-state index is 7.02. The number of benzene rings is 9. The Balaban J connectivity index is 1.25. The van der Waals surface area contributed by atoms with Gasteiger partial charge < -0.3 is 9.30 Å². The zero-order valence-electron chi connectivity index (χ0n) is 27.9. The van der Waals surface area contributed by atoms with E-state index in [9.17, 15) is 0 Å². The summed E-state index contributed by atoms with van der Waals surface area (Å²) in [6.07, 6.45) is 0. The molecule has 0 radical (unpaired) electrons. The SMILES string of the molecule is c1ccc2c(c1)Oc1cc3c4c5c1B2c1cccc2c(-c6ccc7ccccc7c6)c6cccc(c6c-5c12)B4c1cccc2c4ccccc4n-3c12. The van der Waals surface area contributed by atoms with Crippen LogP contribution in [0, 0.1) is 0 Å². The number of ether oxygens (including phenoxy) is 1.